The molecule has 3 aliphatic carbocycles. The fraction of sp³-hybridized carbons (Fsp3) is 0.129. The predicted octanol–water partition coefficient (Wildman–Crippen LogP) is 5.81. The van der Waals surface area contributed by atoms with E-state index in [4.69, 9.17) is 11.6 Å². The van der Waals surface area contributed by atoms with Gasteiger partial charge in [-0.3, -0.25) is 35.2 Å². The first-order valence-electron chi connectivity index (χ1n) is 13.3. The summed E-state index contributed by atoms with van der Waals surface area (Å²) < 4.78 is 0. The summed E-state index contributed by atoms with van der Waals surface area (Å²) in [4.78, 5) is 51.3. The first kappa shape index (κ1) is 26.5. The van der Waals surface area contributed by atoms with Crippen LogP contribution in [0.2, 0.25) is 5.02 Å². The van der Waals surface area contributed by atoms with Crippen molar-refractivity contribution in [2.75, 3.05) is 10.3 Å². The van der Waals surface area contributed by atoms with Crippen LogP contribution >= 0.6 is 11.6 Å². The summed E-state index contributed by atoms with van der Waals surface area (Å²) in [6.07, 6.45) is 1.53. The second-order valence-electron chi connectivity index (χ2n) is 10.6. The molecule has 1 fully saturated rings. The van der Waals surface area contributed by atoms with Crippen molar-refractivity contribution in [2.24, 2.45) is 16.9 Å². The first-order valence-corrected chi connectivity index (χ1v) is 13.7. The van der Waals surface area contributed by atoms with E-state index in [2.05, 4.69) is 10.5 Å². The van der Waals surface area contributed by atoms with Gasteiger partial charge in [-0.15, -0.1) is 0 Å². The molecule has 0 spiro atoms. The molecule has 12 heteroatoms. The Labute approximate surface area is 248 Å². The number of halogens is 1. The monoisotopic (exact) mass is 593 g/mol. The molecular weight excluding hydrogens is 574 g/mol. The molecule has 4 aromatic carbocycles. The van der Waals surface area contributed by atoms with Crippen LogP contribution < -0.4 is 10.3 Å². The van der Waals surface area contributed by atoms with Gasteiger partial charge in [0.2, 0.25) is 11.8 Å². The zero-order valence-corrected chi connectivity index (χ0v) is 22.8. The zero-order valence-electron chi connectivity index (χ0n) is 22.1. The summed E-state index contributed by atoms with van der Waals surface area (Å²) in [6.45, 7) is 0. The minimum atomic E-state index is -1.22. The van der Waals surface area contributed by atoms with Gasteiger partial charge in [0.25, 0.3) is 5.69 Å². The predicted molar refractivity (Wildman–Crippen MR) is 158 cm³/mol. The number of para-hydroxylation sites is 1. The van der Waals surface area contributed by atoms with E-state index in [-0.39, 0.29) is 22.5 Å². The normalized spacial score (nSPS) is 23.2. The summed E-state index contributed by atoms with van der Waals surface area (Å²) in [5.74, 6) is -2.82. The van der Waals surface area contributed by atoms with Crippen LogP contribution in [0.4, 0.5) is 22.7 Å². The first-order chi connectivity index (χ1) is 20.8. The molecule has 0 saturated carbocycles. The number of nitrogens with zero attached hydrogens (tertiary/aromatic N) is 4. The van der Waals surface area contributed by atoms with E-state index < -0.39 is 44.4 Å². The van der Waals surface area contributed by atoms with Gasteiger partial charge in [-0.25, -0.2) is 4.90 Å². The number of carbonyl (C=O) groups excluding carboxylic acids is 2. The molecule has 0 aromatic heterocycles. The van der Waals surface area contributed by atoms with Crippen molar-refractivity contribution in [2.45, 2.75) is 11.3 Å². The number of imide groups is 1. The third kappa shape index (κ3) is 3.64. The van der Waals surface area contributed by atoms with Gasteiger partial charge in [0.15, 0.2) is 0 Å². The zero-order chi connectivity index (χ0) is 30.0. The minimum absolute atomic E-state index is 0.0719. The second kappa shape index (κ2) is 9.57. The number of carbonyl (C=O) groups is 2. The Morgan fingerprint density at radius 3 is 2.09 bits per heavy atom. The number of amides is 2. The molecule has 4 aromatic rings. The average molecular weight is 594 g/mol. The SMILES string of the molecule is O=C1[C@H]2C3c4ccccc4C(/C=N\Nc4ccc([N+](=O)[O-])cc4[N+](=O)[O-])(c4ccccc43)[C@H]2C(=O)N1c1ccccc1Cl. The largest absolute Gasteiger partial charge is 0.301 e. The molecule has 4 aliphatic rings. The molecular formula is C31H20ClN5O6. The molecule has 0 radical (unpaired) electrons. The van der Waals surface area contributed by atoms with E-state index in [1.807, 2.05) is 48.5 Å². The molecule has 2 atom stereocenters. The van der Waals surface area contributed by atoms with Crippen molar-refractivity contribution >= 4 is 52.4 Å². The minimum Gasteiger partial charge on any atom is -0.274 e. The van der Waals surface area contributed by atoms with Crippen LogP contribution in [0.3, 0.4) is 0 Å². The summed E-state index contributed by atoms with van der Waals surface area (Å²) in [6, 6.07) is 25.1. The number of hydrogen-bond acceptors (Lipinski definition) is 8. The van der Waals surface area contributed by atoms with Gasteiger partial charge in [-0.2, -0.15) is 5.10 Å². The van der Waals surface area contributed by atoms with E-state index in [1.165, 1.54) is 17.2 Å². The van der Waals surface area contributed by atoms with E-state index in [9.17, 15) is 29.8 Å². The maximum absolute atomic E-state index is 14.4. The van der Waals surface area contributed by atoms with Gasteiger partial charge in [0.1, 0.15) is 5.69 Å². The topological polar surface area (TPSA) is 148 Å². The summed E-state index contributed by atoms with van der Waals surface area (Å²) in [7, 11) is 0. The van der Waals surface area contributed by atoms with Crippen LogP contribution in [0, 0.1) is 32.1 Å². The van der Waals surface area contributed by atoms with Crippen LogP contribution in [-0.4, -0.2) is 27.9 Å². The highest BCUT2D eigenvalue weighted by atomic mass is 35.5. The van der Waals surface area contributed by atoms with Gasteiger partial charge in [-0.05, 0) is 40.5 Å². The molecule has 1 N–H and O–H groups in total. The van der Waals surface area contributed by atoms with Crippen LogP contribution in [-0.2, 0) is 15.0 Å². The van der Waals surface area contributed by atoms with Crippen molar-refractivity contribution < 1.29 is 19.4 Å². The fourth-order valence-electron chi connectivity index (χ4n) is 7.00. The molecule has 212 valence electrons. The lowest BCUT2D eigenvalue weighted by Gasteiger charge is -2.52. The highest BCUT2D eigenvalue weighted by molar-refractivity contribution is 6.36. The molecule has 43 heavy (non-hydrogen) atoms. The Morgan fingerprint density at radius 2 is 1.47 bits per heavy atom. The van der Waals surface area contributed by atoms with Gasteiger partial charge in [0, 0.05) is 18.2 Å². The highest BCUT2D eigenvalue weighted by Gasteiger charge is 2.68. The summed E-state index contributed by atoms with van der Waals surface area (Å²) in [5, 5.41) is 27.6. The number of nitrogens with one attached hydrogen (secondary N) is 1. The number of non-ortho nitro benzene ring substituents is 1. The summed E-state index contributed by atoms with van der Waals surface area (Å²) in [5.41, 5.74) is 4.07. The van der Waals surface area contributed by atoms with E-state index in [0.717, 1.165) is 34.4 Å². The maximum atomic E-state index is 14.4. The molecule has 1 aliphatic heterocycles. The van der Waals surface area contributed by atoms with Crippen molar-refractivity contribution in [3.05, 3.63) is 139 Å². The standard InChI is InChI=1S/C31H20ClN5O6/c32-22-11-5-6-12-24(22)35-29(38)27-26-18-7-1-3-9-20(18)31(28(27)30(35)39,21-10-4-2-8-19(21)26)16-33-34-23-14-13-17(36(40)41)15-25(23)37(42)43/h1-16,26-28,34H/b33-16-/t26?,27-,28+,31?/m0/s1. The fourth-order valence-corrected chi connectivity index (χ4v) is 7.22. The molecule has 2 amide bonds. The van der Waals surface area contributed by atoms with Gasteiger partial charge in [-0.1, -0.05) is 72.3 Å². The molecule has 8 rings (SSSR count). The quantitative estimate of drug-likeness (QED) is 0.128. The number of hydrogen-bond donors (Lipinski definition) is 1. The van der Waals surface area contributed by atoms with Crippen LogP contribution in [0.1, 0.15) is 28.2 Å². The lowest BCUT2D eigenvalue weighted by Crippen LogP contribution is -2.54. The van der Waals surface area contributed by atoms with Crippen molar-refractivity contribution in [3.8, 4) is 0 Å². The third-order valence-corrected chi connectivity index (χ3v) is 8.94. The van der Waals surface area contributed by atoms with Gasteiger partial charge >= 0.3 is 5.69 Å². The Hall–Kier alpha value is -5.42. The van der Waals surface area contributed by atoms with E-state index in [0.29, 0.717) is 5.69 Å². The van der Waals surface area contributed by atoms with Gasteiger partial charge in [0.05, 0.1) is 43.9 Å². The molecule has 1 saturated heterocycles. The van der Waals surface area contributed by atoms with E-state index >= 15 is 0 Å². The third-order valence-electron chi connectivity index (χ3n) is 8.62. The second-order valence-corrected chi connectivity index (χ2v) is 11.0. The Balaban J connectivity index is 1.42. The smallest absolute Gasteiger partial charge is 0.274 e. The highest BCUT2D eigenvalue weighted by Crippen LogP contribution is 2.63. The molecule has 11 nitrogen and oxygen atoms in total. The number of nitro benzene ring substituents is 2. The lowest BCUT2D eigenvalue weighted by molar-refractivity contribution is -0.393. The number of hydrazone groups is 1. The van der Waals surface area contributed by atoms with Gasteiger partial charge < -0.3 is 0 Å². The average Bonchev–Trinajstić information content (AvgIpc) is 3.28. The molecule has 2 bridgehead atoms. The molecule has 1 heterocycles. The number of benzene rings is 4. The maximum Gasteiger partial charge on any atom is 0.301 e. The number of nitro groups is 2. The van der Waals surface area contributed by atoms with Crippen molar-refractivity contribution in [1.29, 1.82) is 0 Å². The summed E-state index contributed by atoms with van der Waals surface area (Å²) >= 11 is 6.48. The van der Waals surface area contributed by atoms with Crippen molar-refractivity contribution in [1.82, 2.24) is 0 Å². The van der Waals surface area contributed by atoms with Crippen LogP contribution in [0.15, 0.2) is 96.1 Å². The Kier molecular flexibility index (Phi) is 5.89. The Bertz CT molecular complexity index is 1880. The van der Waals surface area contributed by atoms with Crippen LogP contribution in [0.25, 0.3) is 0 Å². The number of rotatable bonds is 6. The van der Waals surface area contributed by atoms with E-state index in [1.54, 1.807) is 24.3 Å². The lowest BCUT2D eigenvalue weighted by atomic mass is 9.47. The van der Waals surface area contributed by atoms with Crippen LogP contribution in [0.5, 0.6) is 0 Å². The Morgan fingerprint density at radius 1 is 0.837 bits per heavy atom. The van der Waals surface area contributed by atoms with Crippen molar-refractivity contribution in [3.63, 3.8) is 0 Å². The molecule has 0 unspecified atom stereocenters. The number of anilines is 2.